The summed E-state index contributed by atoms with van der Waals surface area (Å²) in [6.45, 7) is 4.88. The highest BCUT2D eigenvalue weighted by Crippen LogP contribution is 2.44. The van der Waals surface area contributed by atoms with Crippen LogP contribution in [0.1, 0.15) is 0 Å². The molecule has 0 aliphatic carbocycles. The molecule has 3 nitrogen and oxygen atoms in total. The monoisotopic (exact) mass is 711 g/mol. The number of hydrogen-bond acceptors (Lipinski definition) is 3. The number of benzene rings is 7. The number of aromatic nitrogens is 3. The predicted octanol–water partition coefficient (Wildman–Crippen LogP) is 11.7. The van der Waals surface area contributed by atoms with Gasteiger partial charge in [-0.3, -0.25) is 0 Å². The topological polar surface area (TPSA) is 30.7 Å². The summed E-state index contributed by atoms with van der Waals surface area (Å²) < 4.78 is 4.96. The Balaban J connectivity index is 1.10. The average Bonchev–Trinajstić information content (AvgIpc) is 3.84. The van der Waals surface area contributed by atoms with Crippen molar-refractivity contribution in [3.05, 3.63) is 164 Å². The Morgan fingerprint density at radius 1 is 0.509 bits per heavy atom. The largest absolute Gasteiger partial charge is 0.309 e. The molecule has 0 saturated heterocycles. The molecule has 0 saturated carbocycles. The molecule has 53 heavy (non-hydrogen) atoms. The Labute approximate surface area is 312 Å². The molecule has 0 fully saturated rings. The van der Waals surface area contributed by atoms with Crippen LogP contribution >= 0.6 is 11.3 Å². The summed E-state index contributed by atoms with van der Waals surface area (Å²) in [5.74, 6) is 0.783. The fourth-order valence-corrected chi connectivity index (χ4v) is 12.8. The molecule has 0 atom stereocenters. The van der Waals surface area contributed by atoms with Gasteiger partial charge in [0.2, 0.25) is 0 Å². The summed E-state index contributed by atoms with van der Waals surface area (Å²) in [4.78, 5) is 11.1. The first-order valence-corrected chi connectivity index (χ1v) is 22.0. The van der Waals surface area contributed by atoms with Crippen molar-refractivity contribution in [2.45, 2.75) is 13.1 Å². The standard InChI is InChI=1S/C48H33N3SSi/c1-53(2)43-27-10-6-21-38(43)44-45(39-23-13-22-37-36-20-5-9-26-42(36)52-46(37)39)49-47(50-48(44)53)32-16-11-14-30(28-32)31-15-12-17-33(29-31)51-40-24-7-3-18-34(40)35-19-4-8-25-41(35)51/h3-29H,1-2H3. The molecule has 0 bridgehead atoms. The predicted molar refractivity (Wildman–Crippen MR) is 228 cm³/mol. The van der Waals surface area contributed by atoms with E-state index in [1.807, 2.05) is 11.3 Å². The second kappa shape index (κ2) is 11.4. The first-order chi connectivity index (χ1) is 26.0. The third-order valence-corrected chi connectivity index (χ3v) is 15.7. The van der Waals surface area contributed by atoms with Gasteiger partial charge in [0, 0.05) is 58.6 Å². The molecule has 4 heterocycles. The lowest BCUT2D eigenvalue weighted by Crippen LogP contribution is -2.50. The van der Waals surface area contributed by atoms with Crippen LogP contribution in [0.25, 0.3) is 92.6 Å². The summed E-state index contributed by atoms with van der Waals surface area (Å²) in [7, 11) is -2.12. The summed E-state index contributed by atoms with van der Waals surface area (Å²) in [5.41, 5.74) is 11.6. The highest BCUT2D eigenvalue weighted by molar-refractivity contribution is 7.26. The second-order valence-corrected chi connectivity index (χ2v) is 19.9. The second-order valence-electron chi connectivity index (χ2n) is 14.6. The molecular weight excluding hydrogens is 679 g/mol. The molecule has 10 aromatic rings. The molecule has 0 amide bonds. The summed E-state index contributed by atoms with van der Waals surface area (Å²) in [6.07, 6.45) is 0. The Bertz CT molecular complexity index is 3060. The van der Waals surface area contributed by atoms with Crippen molar-refractivity contribution >= 4 is 71.9 Å². The van der Waals surface area contributed by atoms with Gasteiger partial charge >= 0.3 is 0 Å². The van der Waals surface area contributed by atoms with E-state index in [0.29, 0.717) is 0 Å². The number of para-hydroxylation sites is 2. The first-order valence-electron chi connectivity index (χ1n) is 18.2. The molecular formula is C48H33N3SSi. The Morgan fingerprint density at radius 2 is 1.11 bits per heavy atom. The van der Waals surface area contributed by atoms with Gasteiger partial charge in [0.15, 0.2) is 5.82 Å². The zero-order valence-corrected chi connectivity index (χ0v) is 31.2. The lowest BCUT2D eigenvalue weighted by atomic mass is 9.98. The van der Waals surface area contributed by atoms with E-state index >= 15 is 0 Å². The minimum absolute atomic E-state index is 0.783. The van der Waals surface area contributed by atoms with Crippen LogP contribution in [0.2, 0.25) is 13.1 Å². The number of fused-ring (bicyclic) bond motifs is 9. The van der Waals surface area contributed by atoms with Crippen LogP contribution in [-0.4, -0.2) is 22.6 Å². The van der Waals surface area contributed by atoms with E-state index in [9.17, 15) is 0 Å². The quantitative estimate of drug-likeness (QED) is 0.170. The SMILES string of the molecule is C[Si]1(C)c2ccccc2-c2c(-c3cccc4c3sc3ccccc34)nc(-c3cccc(-c4cccc(-n5c6ccccc6c6ccccc65)c4)c3)nc21. The maximum absolute atomic E-state index is 5.54. The van der Waals surface area contributed by atoms with Crippen LogP contribution in [0.15, 0.2) is 164 Å². The van der Waals surface area contributed by atoms with E-state index < -0.39 is 8.07 Å². The van der Waals surface area contributed by atoms with Crippen LogP contribution in [0.5, 0.6) is 0 Å². The fraction of sp³-hybridized carbons (Fsp3) is 0.0417. The van der Waals surface area contributed by atoms with E-state index in [0.717, 1.165) is 33.9 Å². The lowest BCUT2D eigenvalue weighted by molar-refractivity contribution is 1.18. The van der Waals surface area contributed by atoms with Crippen molar-refractivity contribution in [3.8, 4) is 50.6 Å². The summed E-state index contributed by atoms with van der Waals surface area (Å²) >= 11 is 1.86. The van der Waals surface area contributed by atoms with Gasteiger partial charge in [0.1, 0.15) is 8.07 Å². The molecule has 0 N–H and O–H groups in total. The van der Waals surface area contributed by atoms with Gasteiger partial charge in [0.25, 0.3) is 0 Å². The zero-order valence-electron chi connectivity index (χ0n) is 29.3. The summed E-state index contributed by atoms with van der Waals surface area (Å²) in [6, 6.07) is 59.4. The maximum atomic E-state index is 5.54. The Morgan fingerprint density at radius 3 is 1.92 bits per heavy atom. The molecule has 7 aromatic carbocycles. The van der Waals surface area contributed by atoms with Crippen molar-refractivity contribution in [1.82, 2.24) is 14.5 Å². The number of hydrogen-bond donors (Lipinski definition) is 0. The third-order valence-electron chi connectivity index (χ3n) is 11.2. The van der Waals surface area contributed by atoms with Crippen molar-refractivity contribution in [1.29, 1.82) is 0 Å². The van der Waals surface area contributed by atoms with Crippen molar-refractivity contribution in [2.75, 3.05) is 0 Å². The highest BCUT2D eigenvalue weighted by atomic mass is 32.1. The number of nitrogens with zero attached hydrogens (tertiary/aromatic N) is 3. The van der Waals surface area contributed by atoms with Crippen molar-refractivity contribution in [3.63, 3.8) is 0 Å². The van der Waals surface area contributed by atoms with Gasteiger partial charge in [-0.25, -0.2) is 9.97 Å². The molecule has 11 rings (SSSR count). The molecule has 1 aliphatic heterocycles. The average molecular weight is 712 g/mol. The van der Waals surface area contributed by atoms with Gasteiger partial charge in [-0.2, -0.15) is 0 Å². The van der Waals surface area contributed by atoms with Crippen LogP contribution in [0, 0.1) is 0 Å². The van der Waals surface area contributed by atoms with Crippen LogP contribution in [0.4, 0.5) is 0 Å². The zero-order chi connectivity index (χ0) is 35.3. The molecule has 250 valence electrons. The van der Waals surface area contributed by atoms with E-state index in [4.69, 9.17) is 9.97 Å². The van der Waals surface area contributed by atoms with E-state index in [-0.39, 0.29) is 0 Å². The smallest absolute Gasteiger partial charge is 0.159 e. The Hall–Kier alpha value is -6.14. The van der Waals surface area contributed by atoms with Crippen LogP contribution in [-0.2, 0) is 0 Å². The third kappa shape index (κ3) is 4.51. The number of rotatable bonds is 4. The van der Waals surface area contributed by atoms with Gasteiger partial charge in [-0.15, -0.1) is 11.3 Å². The minimum atomic E-state index is -2.12. The highest BCUT2D eigenvalue weighted by Gasteiger charge is 2.41. The van der Waals surface area contributed by atoms with Crippen molar-refractivity contribution < 1.29 is 0 Å². The van der Waals surface area contributed by atoms with E-state index in [2.05, 4.69) is 181 Å². The maximum Gasteiger partial charge on any atom is 0.159 e. The molecule has 3 aromatic heterocycles. The van der Waals surface area contributed by atoms with Crippen LogP contribution in [0.3, 0.4) is 0 Å². The molecule has 0 spiro atoms. The lowest BCUT2D eigenvalue weighted by Gasteiger charge is -2.19. The van der Waals surface area contributed by atoms with Crippen molar-refractivity contribution in [2.24, 2.45) is 0 Å². The Kier molecular flexibility index (Phi) is 6.57. The first kappa shape index (κ1) is 30.5. The normalized spacial score (nSPS) is 13.2. The minimum Gasteiger partial charge on any atom is -0.309 e. The van der Waals surface area contributed by atoms with E-state index in [1.165, 1.54) is 69.2 Å². The van der Waals surface area contributed by atoms with Gasteiger partial charge in [-0.05, 0) is 58.3 Å². The number of thiophene rings is 1. The molecule has 1 aliphatic rings. The van der Waals surface area contributed by atoms with Gasteiger partial charge < -0.3 is 4.57 Å². The molecule has 0 unspecified atom stereocenters. The van der Waals surface area contributed by atoms with Gasteiger partial charge in [0.05, 0.1) is 16.7 Å². The van der Waals surface area contributed by atoms with Gasteiger partial charge in [-0.1, -0.05) is 140 Å². The van der Waals surface area contributed by atoms with Crippen LogP contribution < -0.4 is 10.5 Å². The summed E-state index contributed by atoms with van der Waals surface area (Å²) in [5, 5.41) is 7.76. The molecule has 0 radical (unpaired) electrons. The molecule has 5 heteroatoms. The van der Waals surface area contributed by atoms with E-state index in [1.54, 1.807) is 0 Å². The fourth-order valence-electron chi connectivity index (χ4n) is 8.66.